The van der Waals surface area contributed by atoms with Crippen molar-refractivity contribution in [2.45, 2.75) is 80.3 Å². The Morgan fingerprint density at radius 1 is 1.00 bits per heavy atom. The zero-order chi connectivity index (χ0) is 23.3. The summed E-state index contributed by atoms with van der Waals surface area (Å²) in [4.78, 5) is 0.307. The van der Waals surface area contributed by atoms with Crippen LogP contribution in [0.15, 0.2) is 59.5 Å². The molecule has 0 unspecified atom stereocenters. The maximum Gasteiger partial charge on any atom is 0.185 e. The average molecular weight is 474 g/mol. The highest BCUT2D eigenvalue weighted by Gasteiger charge is 2.52. The monoisotopic (exact) mass is 473 g/mol. The lowest BCUT2D eigenvalue weighted by molar-refractivity contribution is -0.137. The lowest BCUT2D eigenvalue weighted by Crippen LogP contribution is -2.53. The minimum absolute atomic E-state index is 0.174. The minimum Gasteiger partial charge on any atom is -0.374 e. The molecule has 2 fully saturated rings. The van der Waals surface area contributed by atoms with E-state index in [1.807, 2.05) is 49.4 Å². The molecule has 0 radical (unpaired) electrons. The van der Waals surface area contributed by atoms with Crippen molar-refractivity contribution in [3.63, 3.8) is 0 Å². The van der Waals surface area contributed by atoms with Crippen LogP contribution in [0.3, 0.4) is 0 Å². The van der Waals surface area contributed by atoms with Crippen molar-refractivity contribution in [2.75, 3.05) is 13.7 Å². The molecule has 180 valence electrons. The number of rotatable bonds is 9. The first-order chi connectivity index (χ1) is 16.0. The van der Waals surface area contributed by atoms with Crippen molar-refractivity contribution in [3.05, 3.63) is 65.7 Å². The van der Waals surface area contributed by atoms with Gasteiger partial charge in [0, 0.05) is 13.2 Å². The molecule has 1 heterocycles. The van der Waals surface area contributed by atoms with E-state index < -0.39 is 33.5 Å². The quantitative estimate of drug-likeness (QED) is 0.593. The van der Waals surface area contributed by atoms with Gasteiger partial charge in [-0.15, -0.1) is 0 Å². The minimum atomic E-state index is -3.69. The number of sulfone groups is 1. The van der Waals surface area contributed by atoms with Gasteiger partial charge in [-0.25, -0.2) is 8.42 Å². The molecule has 2 aliphatic rings. The summed E-state index contributed by atoms with van der Waals surface area (Å²) in [7, 11) is -2.12. The van der Waals surface area contributed by atoms with Crippen molar-refractivity contribution >= 4 is 9.84 Å². The molecular weight excluding hydrogens is 438 g/mol. The molecule has 6 nitrogen and oxygen atoms in total. The van der Waals surface area contributed by atoms with E-state index in [1.165, 1.54) is 6.42 Å². The van der Waals surface area contributed by atoms with Crippen LogP contribution in [0.2, 0.25) is 0 Å². The number of hydrogen-bond acceptors (Lipinski definition) is 6. The molecular formula is C26H35NO5S. The Hall–Kier alpha value is -1.77. The second-order valence-corrected chi connectivity index (χ2v) is 11.2. The Morgan fingerprint density at radius 2 is 1.70 bits per heavy atom. The van der Waals surface area contributed by atoms with Crippen molar-refractivity contribution in [2.24, 2.45) is 0 Å². The molecule has 0 amide bonds. The second kappa shape index (κ2) is 11.1. The smallest absolute Gasteiger partial charge is 0.185 e. The Balaban J connectivity index is 1.58. The van der Waals surface area contributed by atoms with Crippen LogP contribution in [0.4, 0.5) is 0 Å². The van der Waals surface area contributed by atoms with Crippen LogP contribution >= 0.6 is 0 Å². The molecule has 1 aliphatic heterocycles. The molecule has 1 N–H and O–H groups in total. The first-order valence-electron chi connectivity index (χ1n) is 11.9. The van der Waals surface area contributed by atoms with Crippen LogP contribution in [0.1, 0.15) is 43.2 Å². The van der Waals surface area contributed by atoms with Gasteiger partial charge < -0.3 is 19.5 Å². The average Bonchev–Trinajstić information content (AvgIpc) is 3.18. The Morgan fingerprint density at radius 3 is 2.36 bits per heavy atom. The number of aryl methyl sites for hydroxylation is 1. The van der Waals surface area contributed by atoms with E-state index in [2.05, 4.69) is 5.32 Å². The third-order valence-electron chi connectivity index (χ3n) is 6.69. The summed E-state index contributed by atoms with van der Waals surface area (Å²) in [6, 6.07) is 16.7. The standard InChI is InChI=1S/C26H35NO5S/c1-19-13-15-22(16-14-19)33(28,29)25-23(18-31-17-20-9-5-3-6-10-20)32-26(30-2)24(25)27-21-11-7-4-8-12-21/h3,5-6,9-10,13-16,21,23-27H,4,7-8,11-12,17-18H2,1-2H3/t23-,24+,25-,26+/m1/s1. The molecule has 0 bridgehead atoms. The Bertz CT molecular complexity index is 974. The number of methoxy groups -OCH3 is 1. The fourth-order valence-electron chi connectivity index (χ4n) is 4.92. The highest BCUT2D eigenvalue weighted by Crippen LogP contribution is 2.33. The highest BCUT2D eigenvalue weighted by molar-refractivity contribution is 7.92. The highest BCUT2D eigenvalue weighted by atomic mass is 32.2. The third-order valence-corrected chi connectivity index (χ3v) is 8.93. The summed E-state index contributed by atoms with van der Waals surface area (Å²) in [5.41, 5.74) is 2.06. The van der Waals surface area contributed by atoms with Gasteiger partial charge in [0.25, 0.3) is 0 Å². The van der Waals surface area contributed by atoms with Gasteiger partial charge in [-0.2, -0.15) is 0 Å². The maximum atomic E-state index is 13.9. The van der Waals surface area contributed by atoms with Crippen LogP contribution in [0.25, 0.3) is 0 Å². The Labute approximate surface area is 197 Å². The summed E-state index contributed by atoms with van der Waals surface area (Å²) in [5, 5.41) is 2.81. The van der Waals surface area contributed by atoms with E-state index in [1.54, 1.807) is 19.2 Å². The first-order valence-corrected chi connectivity index (χ1v) is 13.4. The molecule has 2 aromatic rings. The van der Waals surface area contributed by atoms with Crippen LogP contribution in [-0.4, -0.2) is 51.9 Å². The fraction of sp³-hybridized carbons (Fsp3) is 0.538. The van der Waals surface area contributed by atoms with E-state index >= 15 is 0 Å². The summed E-state index contributed by atoms with van der Waals surface area (Å²) in [6.07, 6.45) is 4.34. The van der Waals surface area contributed by atoms with Gasteiger partial charge in [0.05, 0.1) is 24.2 Å². The van der Waals surface area contributed by atoms with Gasteiger partial charge in [-0.1, -0.05) is 67.3 Å². The lowest BCUT2D eigenvalue weighted by Gasteiger charge is -2.31. The summed E-state index contributed by atoms with van der Waals surface area (Å²) >= 11 is 0. The SMILES string of the molecule is CO[C@H]1O[C@H](COCc2ccccc2)[C@@H](S(=O)(=O)c2ccc(C)cc2)[C@@H]1NC1CCCCC1. The first kappa shape index (κ1) is 24.4. The Kier molecular flexibility index (Phi) is 8.20. The molecule has 4 atom stereocenters. The zero-order valence-electron chi connectivity index (χ0n) is 19.5. The van der Waals surface area contributed by atoms with Gasteiger partial charge >= 0.3 is 0 Å². The normalized spacial score (nSPS) is 26.5. The molecule has 1 saturated carbocycles. The van der Waals surface area contributed by atoms with Crippen molar-refractivity contribution in [1.82, 2.24) is 5.32 Å². The molecule has 33 heavy (non-hydrogen) atoms. The molecule has 0 spiro atoms. The molecule has 2 aromatic carbocycles. The largest absolute Gasteiger partial charge is 0.374 e. The summed E-state index contributed by atoms with van der Waals surface area (Å²) < 4.78 is 45.5. The summed E-state index contributed by atoms with van der Waals surface area (Å²) in [6.45, 7) is 2.52. The maximum absolute atomic E-state index is 13.9. The molecule has 1 aliphatic carbocycles. The molecule has 1 saturated heterocycles. The van der Waals surface area contributed by atoms with E-state index in [4.69, 9.17) is 14.2 Å². The van der Waals surface area contributed by atoms with Gasteiger partial charge in [0.2, 0.25) is 0 Å². The van der Waals surface area contributed by atoms with Crippen LogP contribution in [0, 0.1) is 6.92 Å². The number of hydrogen-bond donors (Lipinski definition) is 1. The van der Waals surface area contributed by atoms with Gasteiger partial charge in [0.1, 0.15) is 11.4 Å². The van der Waals surface area contributed by atoms with Gasteiger partial charge in [0.15, 0.2) is 16.1 Å². The van der Waals surface area contributed by atoms with Crippen LogP contribution in [-0.2, 0) is 30.7 Å². The molecule has 0 aromatic heterocycles. The van der Waals surface area contributed by atoms with E-state index in [0.717, 1.165) is 36.8 Å². The zero-order valence-corrected chi connectivity index (χ0v) is 20.3. The summed E-state index contributed by atoms with van der Waals surface area (Å²) in [5.74, 6) is 0. The van der Waals surface area contributed by atoms with Crippen molar-refractivity contribution in [3.8, 4) is 0 Å². The van der Waals surface area contributed by atoms with Crippen LogP contribution < -0.4 is 5.32 Å². The number of benzene rings is 2. The predicted octanol–water partition coefficient (Wildman–Crippen LogP) is 4.02. The third kappa shape index (κ3) is 5.84. The number of nitrogens with one attached hydrogen (secondary N) is 1. The van der Waals surface area contributed by atoms with Gasteiger partial charge in [-0.3, -0.25) is 0 Å². The van der Waals surface area contributed by atoms with Crippen LogP contribution in [0.5, 0.6) is 0 Å². The fourth-order valence-corrected chi connectivity index (χ4v) is 6.88. The predicted molar refractivity (Wildman–Crippen MR) is 128 cm³/mol. The van der Waals surface area contributed by atoms with Crippen molar-refractivity contribution in [1.29, 1.82) is 0 Å². The van der Waals surface area contributed by atoms with E-state index in [0.29, 0.717) is 11.5 Å². The molecule has 7 heteroatoms. The van der Waals surface area contributed by atoms with Crippen molar-refractivity contribution < 1.29 is 22.6 Å². The lowest BCUT2D eigenvalue weighted by atomic mass is 9.94. The van der Waals surface area contributed by atoms with E-state index in [-0.39, 0.29) is 12.6 Å². The topological polar surface area (TPSA) is 73.9 Å². The van der Waals surface area contributed by atoms with Gasteiger partial charge in [-0.05, 0) is 37.5 Å². The number of ether oxygens (including phenoxy) is 3. The second-order valence-electron chi connectivity index (χ2n) is 9.13. The molecule has 4 rings (SSSR count). The van der Waals surface area contributed by atoms with E-state index in [9.17, 15) is 8.42 Å².